The van der Waals surface area contributed by atoms with Gasteiger partial charge in [-0.25, -0.2) is 0 Å². The number of amides is 1. The fourth-order valence-corrected chi connectivity index (χ4v) is 4.81. The lowest BCUT2D eigenvalue weighted by Crippen LogP contribution is -2.41. The van der Waals surface area contributed by atoms with Gasteiger partial charge in [-0.05, 0) is 51.0 Å². The fraction of sp³-hybridized carbons (Fsp3) is 0.600. The summed E-state index contributed by atoms with van der Waals surface area (Å²) in [5, 5.41) is 7.89. The van der Waals surface area contributed by atoms with E-state index >= 15 is 0 Å². The number of aryl methyl sites for hydroxylation is 1. The van der Waals surface area contributed by atoms with Crippen molar-refractivity contribution in [3.8, 4) is 0 Å². The molecule has 0 radical (unpaired) electrons. The first kappa shape index (κ1) is 21.1. The number of nitrogens with zero attached hydrogens (tertiary/aromatic N) is 3. The summed E-state index contributed by atoms with van der Waals surface area (Å²) in [6.45, 7) is 7.10. The number of aromatic nitrogens is 2. The normalized spacial score (nSPS) is 17.4. The Kier molecular flexibility index (Phi) is 6.88. The largest absolute Gasteiger partial charge is 0.351 e. The molecule has 0 unspecified atom stereocenters. The molecule has 0 saturated heterocycles. The van der Waals surface area contributed by atoms with Crippen LogP contribution in [0.1, 0.15) is 67.5 Å². The molecular formula is C25H36N4O. The average molecular weight is 409 g/mol. The van der Waals surface area contributed by atoms with Gasteiger partial charge in [-0.15, -0.1) is 0 Å². The second-order valence-electron chi connectivity index (χ2n) is 9.23. The minimum Gasteiger partial charge on any atom is -0.351 e. The Morgan fingerprint density at radius 2 is 1.83 bits per heavy atom. The van der Waals surface area contributed by atoms with Crippen molar-refractivity contribution in [2.75, 3.05) is 13.1 Å². The zero-order valence-corrected chi connectivity index (χ0v) is 18.6. The number of nitrogens with one attached hydrogen (secondary N) is 1. The predicted molar refractivity (Wildman–Crippen MR) is 120 cm³/mol. The summed E-state index contributed by atoms with van der Waals surface area (Å²) in [6, 6.07) is 11.0. The molecule has 0 aliphatic heterocycles. The molecular weight excluding hydrogens is 372 g/mol. The van der Waals surface area contributed by atoms with E-state index in [1.807, 2.05) is 17.7 Å². The van der Waals surface area contributed by atoms with Gasteiger partial charge in [0.15, 0.2) is 0 Å². The van der Waals surface area contributed by atoms with Gasteiger partial charge in [0.25, 0.3) is 0 Å². The molecule has 2 aliphatic rings. The van der Waals surface area contributed by atoms with E-state index in [-0.39, 0.29) is 5.91 Å². The van der Waals surface area contributed by atoms with Gasteiger partial charge in [0.1, 0.15) is 0 Å². The van der Waals surface area contributed by atoms with Crippen LogP contribution >= 0.6 is 0 Å². The van der Waals surface area contributed by atoms with Crippen molar-refractivity contribution in [3.05, 3.63) is 52.8 Å². The topological polar surface area (TPSA) is 50.2 Å². The smallest absolute Gasteiger partial charge is 0.234 e. The summed E-state index contributed by atoms with van der Waals surface area (Å²) in [5.74, 6) is 0.931. The van der Waals surface area contributed by atoms with E-state index in [4.69, 9.17) is 5.10 Å². The molecule has 2 aromatic rings. The van der Waals surface area contributed by atoms with Crippen molar-refractivity contribution >= 4 is 5.91 Å². The van der Waals surface area contributed by atoms with Crippen LogP contribution in [0.25, 0.3) is 0 Å². The van der Waals surface area contributed by atoms with Crippen molar-refractivity contribution in [1.29, 1.82) is 0 Å². The number of hydrogen-bond donors (Lipinski definition) is 1. The van der Waals surface area contributed by atoms with Crippen molar-refractivity contribution in [2.24, 2.45) is 5.92 Å². The third-order valence-corrected chi connectivity index (χ3v) is 6.80. The predicted octanol–water partition coefficient (Wildman–Crippen LogP) is 4.21. The van der Waals surface area contributed by atoms with Crippen molar-refractivity contribution in [1.82, 2.24) is 20.0 Å². The average Bonchev–Trinajstić information content (AvgIpc) is 3.56. The molecule has 2 saturated carbocycles. The molecule has 2 aliphatic carbocycles. The molecule has 1 aromatic carbocycles. The lowest BCUT2D eigenvalue weighted by molar-refractivity contribution is -0.122. The van der Waals surface area contributed by atoms with Crippen LogP contribution in [0.3, 0.4) is 0 Å². The standard InChI is InChI=1S/C25H36N4O/c1-19-24(20(2)29(27-19)17-22-11-7-4-8-12-22)15-26-25(30)18-28(23-13-14-23)16-21-9-5-3-6-10-21/h4,7-8,11-12,21,23H,3,5-6,9-10,13-18H2,1-2H3,(H,26,30). The molecule has 2 fully saturated rings. The number of rotatable bonds is 9. The zero-order chi connectivity index (χ0) is 20.9. The first-order valence-corrected chi connectivity index (χ1v) is 11.7. The summed E-state index contributed by atoms with van der Waals surface area (Å²) >= 11 is 0. The highest BCUT2D eigenvalue weighted by Gasteiger charge is 2.32. The molecule has 0 spiro atoms. The molecule has 1 N–H and O–H groups in total. The van der Waals surface area contributed by atoms with Gasteiger partial charge in [0, 0.05) is 30.4 Å². The summed E-state index contributed by atoms with van der Waals surface area (Å²) in [4.78, 5) is 15.2. The molecule has 0 atom stereocenters. The highest BCUT2D eigenvalue weighted by molar-refractivity contribution is 5.78. The first-order chi connectivity index (χ1) is 14.6. The van der Waals surface area contributed by atoms with E-state index in [1.165, 1.54) is 50.5 Å². The van der Waals surface area contributed by atoms with Crippen LogP contribution in [-0.2, 0) is 17.9 Å². The highest BCUT2D eigenvalue weighted by atomic mass is 16.2. The minimum atomic E-state index is 0.146. The zero-order valence-electron chi connectivity index (χ0n) is 18.6. The van der Waals surface area contributed by atoms with Gasteiger partial charge in [-0.2, -0.15) is 5.10 Å². The quantitative estimate of drug-likeness (QED) is 0.676. The monoisotopic (exact) mass is 408 g/mol. The lowest BCUT2D eigenvalue weighted by atomic mass is 9.89. The van der Waals surface area contributed by atoms with Crippen LogP contribution in [0.15, 0.2) is 30.3 Å². The highest BCUT2D eigenvalue weighted by Crippen LogP contribution is 2.31. The first-order valence-electron chi connectivity index (χ1n) is 11.7. The molecule has 1 amide bonds. The third-order valence-electron chi connectivity index (χ3n) is 6.80. The minimum absolute atomic E-state index is 0.146. The van der Waals surface area contributed by atoms with Crippen molar-refractivity contribution in [2.45, 2.75) is 77.9 Å². The van der Waals surface area contributed by atoms with E-state index in [0.717, 1.165) is 36.0 Å². The second-order valence-corrected chi connectivity index (χ2v) is 9.23. The van der Waals surface area contributed by atoms with Crippen LogP contribution in [0, 0.1) is 19.8 Å². The van der Waals surface area contributed by atoms with Crippen LogP contribution in [-0.4, -0.2) is 39.7 Å². The maximum atomic E-state index is 12.7. The number of carbonyl (C=O) groups excluding carboxylic acids is 1. The van der Waals surface area contributed by atoms with Crippen molar-refractivity contribution in [3.63, 3.8) is 0 Å². The van der Waals surface area contributed by atoms with E-state index in [9.17, 15) is 4.79 Å². The van der Waals surface area contributed by atoms with Gasteiger partial charge in [-0.1, -0.05) is 49.6 Å². The van der Waals surface area contributed by atoms with Gasteiger partial charge in [-0.3, -0.25) is 14.4 Å². The Morgan fingerprint density at radius 3 is 2.53 bits per heavy atom. The Labute approximate surface area is 180 Å². The third kappa shape index (κ3) is 5.51. The Bertz CT molecular complexity index is 834. The molecule has 162 valence electrons. The second kappa shape index (κ2) is 9.78. The SMILES string of the molecule is Cc1nn(Cc2ccccc2)c(C)c1CNC(=O)CN(CC1CCCCC1)C1CC1. The van der Waals surface area contributed by atoms with Gasteiger partial charge >= 0.3 is 0 Å². The van der Waals surface area contributed by atoms with Crippen LogP contribution in [0.4, 0.5) is 0 Å². The molecule has 4 rings (SSSR count). The van der Waals surface area contributed by atoms with Crippen LogP contribution in [0.5, 0.6) is 0 Å². The fourth-order valence-electron chi connectivity index (χ4n) is 4.81. The van der Waals surface area contributed by atoms with E-state index in [0.29, 0.717) is 19.1 Å². The number of benzene rings is 1. The molecule has 1 aromatic heterocycles. The molecule has 5 heteroatoms. The summed E-state index contributed by atoms with van der Waals surface area (Å²) in [5.41, 5.74) is 4.52. The Hall–Kier alpha value is -2.14. The van der Waals surface area contributed by atoms with Crippen LogP contribution in [0.2, 0.25) is 0 Å². The maximum Gasteiger partial charge on any atom is 0.234 e. The van der Waals surface area contributed by atoms with E-state index in [1.54, 1.807) is 0 Å². The van der Waals surface area contributed by atoms with Gasteiger partial charge in [0.05, 0.1) is 18.8 Å². The van der Waals surface area contributed by atoms with Gasteiger partial charge < -0.3 is 5.32 Å². The number of hydrogen-bond acceptors (Lipinski definition) is 3. The lowest BCUT2D eigenvalue weighted by Gasteiger charge is -2.29. The maximum absolute atomic E-state index is 12.7. The Balaban J connectivity index is 1.31. The number of carbonyl (C=O) groups is 1. The molecule has 30 heavy (non-hydrogen) atoms. The Morgan fingerprint density at radius 1 is 1.10 bits per heavy atom. The van der Waals surface area contributed by atoms with Crippen LogP contribution < -0.4 is 5.32 Å². The summed E-state index contributed by atoms with van der Waals surface area (Å²) in [6.07, 6.45) is 9.29. The van der Waals surface area contributed by atoms with Crippen molar-refractivity contribution < 1.29 is 4.79 Å². The summed E-state index contributed by atoms with van der Waals surface area (Å²) in [7, 11) is 0. The summed E-state index contributed by atoms with van der Waals surface area (Å²) < 4.78 is 2.05. The van der Waals surface area contributed by atoms with E-state index < -0.39 is 0 Å². The van der Waals surface area contributed by atoms with Gasteiger partial charge in [0.2, 0.25) is 5.91 Å². The molecule has 0 bridgehead atoms. The molecule has 1 heterocycles. The van der Waals surface area contributed by atoms with E-state index in [2.05, 4.69) is 41.4 Å². The molecule has 5 nitrogen and oxygen atoms in total.